The summed E-state index contributed by atoms with van der Waals surface area (Å²) in [6, 6.07) is -0.650. The molecule has 42 heavy (non-hydrogen) atoms. The highest BCUT2D eigenvalue weighted by Crippen LogP contribution is 2.16. The van der Waals surface area contributed by atoms with Gasteiger partial charge in [-0.05, 0) is 12.8 Å². The van der Waals surface area contributed by atoms with Crippen LogP contribution in [0.2, 0.25) is 0 Å². The molecule has 4 N–H and O–H groups in total. The molecule has 5 heteroatoms. The number of hydrogen-bond acceptors (Lipinski definition) is 4. The summed E-state index contributed by atoms with van der Waals surface area (Å²) in [5.41, 5.74) is 0. The molecule has 3 unspecified atom stereocenters. The van der Waals surface area contributed by atoms with Crippen molar-refractivity contribution in [3.8, 4) is 0 Å². The molecule has 0 aromatic carbocycles. The van der Waals surface area contributed by atoms with E-state index < -0.39 is 18.2 Å². The van der Waals surface area contributed by atoms with Crippen LogP contribution >= 0.6 is 0 Å². The van der Waals surface area contributed by atoms with Crippen molar-refractivity contribution in [1.82, 2.24) is 5.32 Å². The van der Waals surface area contributed by atoms with E-state index in [-0.39, 0.29) is 18.9 Å². The first-order chi connectivity index (χ1) is 20.5. The zero-order chi connectivity index (χ0) is 30.9. The number of carbonyl (C=O) groups is 1. The number of rotatable bonds is 34. The second kappa shape index (κ2) is 33.2. The minimum Gasteiger partial charge on any atom is -0.394 e. The van der Waals surface area contributed by atoms with E-state index in [0.717, 1.165) is 25.7 Å². The van der Waals surface area contributed by atoms with Gasteiger partial charge < -0.3 is 20.6 Å². The van der Waals surface area contributed by atoms with Crippen molar-refractivity contribution in [2.24, 2.45) is 0 Å². The number of nitrogens with one attached hydrogen (secondary N) is 1. The topological polar surface area (TPSA) is 89.8 Å². The zero-order valence-corrected chi connectivity index (χ0v) is 28.4. The lowest BCUT2D eigenvalue weighted by Crippen LogP contribution is -2.46. The third-order valence-corrected chi connectivity index (χ3v) is 8.92. The lowest BCUT2D eigenvalue weighted by molar-refractivity contribution is -0.125. The Morgan fingerprint density at radius 3 is 1.14 bits per heavy atom. The molecule has 0 rings (SSSR count). The molecule has 252 valence electrons. The van der Waals surface area contributed by atoms with Crippen molar-refractivity contribution < 1.29 is 20.1 Å². The van der Waals surface area contributed by atoms with E-state index >= 15 is 0 Å². The maximum atomic E-state index is 12.4. The Kier molecular flexibility index (Phi) is 32.7. The van der Waals surface area contributed by atoms with Gasteiger partial charge in [-0.2, -0.15) is 0 Å². The molecule has 0 heterocycles. The fourth-order valence-corrected chi connectivity index (χ4v) is 5.99. The Morgan fingerprint density at radius 2 is 0.810 bits per heavy atom. The number of carbonyl (C=O) groups excluding carboxylic acids is 1. The van der Waals surface area contributed by atoms with Gasteiger partial charge >= 0.3 is 0 Å². The van der Waals surface area contributed by atoms with Crippen LogP contribution in [0.5, 0.6) is 0 Å². The molecule has 0 aliphatic heterocycles. The summed E-state index contributed by atoms with van der Waals surface area (Å²) in [5, 5.41) is 33.2. The van der Waals surface area contributed by atoms with Gasteiger partial charge in [0, 0.05) is 0 Å². The van der Waals surface area contributed by atoms with Gasteiger partial charge in [0.1, 0.15) is 0 Å². The molecular weight excluding hydrogens is 522 g/mol. The average Bonchev–Trinajstić information content (AvgIpc) is 2.98. The van der Waals surface area contributed by atoms with Crippen molar-refractivity contribution in [2.75, 3.05) is 6.61 Å². The predicted molar refractivity (Wildman–Crippen MR) is 181 cm³/mol. The predicted octanol–water partition coefficient (Wildman–Crippen LogP) is 9.93. The molecule has 0 aromatic rings. The molecule has 0 saturated heterocycles. The highest BCUT2D eigenvalue weighted by atomic mass is 16.3. The number of unbranched alkanes of at least 4 members (excludes halogenated alkanes) is 25. The lowest BCUT2D eigenvalue weighted by atomic mass is 10.0. The normalized spacial score (nSPS) is 13.7. The van der Waals surface area contributed by atoms with Gasteiger partial charge in [-0.3, -0.25) is 4.79 Å². The molecule has 0 saturated carbocycles. The quantitative estimate of drug-likeness (QED) is 0.0556. The summed E-state index contributed by atoms with van der Waals surface area (Å²) in [6.45, 7) is 4.25. The van der Waals surface area contributed by atoms with E-state index in [9.17, 15) is 20.1 Å². The zero-order valence-electron chi connectivity index (χ0n) is 28.4. The van der Waals surface area contributed by atoms with E-state index in [0.29, 0.717) is 12.8 Å². The van der Waals surface area contributed by atoms with Gasteiger partial charge in [0.2, 0.25) is 5.91 Å². The lowest BCUT2D eigenvalue weighted by Gasteiger charge is -2.23. The summed E-state index contributed by atoms with van der Waals surface area (Å²) in [4.78, 5) is 12.4. The molecule has 0 bridgehead atoms. The summed E-state index contributed by atoms with van der Waals surface area (Å²) in [7, 11) is 0. The van der Waals surface area contributed by atoms with E-state index in [4.69, 9.17) is 0 Å². The number of aliphatic hydroxyl groups is 3. The monoisotopic (exact) mass is 598 g/mol. The Morgan fingerprint density at radius 1 is 0.500 bits per heavy atom. The van der Waals surface area contributed by atoms with Crippen molar-refractivity contribution >= 4 is 5.91 Å². The van der Waals surface area contributed by atoms with Gasteiger partial charge in [0.15, 0.2) is 0 Å². The number of aliphatic hydroxyl groups excluding tert-OH is 3. The van der Waals surface area contributed by atoms with Gasteiger partial charge in [0.05, 0.1) is 31.3 Å². The first-order valence-corrected chi connectivity index (χ1v) is 18.8. The van der Waals surface area contributed by atoms with Crippen molar-refractivity contribution in [3.63, 3.8) is 0 Å². The third kappa shape index (κ3) is 29.4. The fourth-order valence-electron chi connectivity index (χ4n) is 5.99. The molecule has 0 aliphatic rings. The summed E-state index contributed by atoms with van der Waals surface area (Å²) >= 11 is 0. The maximum absolute atomic E-state index is 12.4. The van der Waals surface area contributed by atoms with Gasteiger partial charge in [-0.25, -0.2) is 0 Å². The second-order valence-electron chi connectivity index (χ2n) is 13.2. The maximum Gasteiger partial charge on any atom is 0.222 e. The van der Waals surface area contributed by atoms with Crippen LogP contribution in [0.4, 0.5) is 0 Å². The third-order valence-electron chi connectivity index (χ3n) is 8.92. The van der Waals surface area contributed by atoms with Crippen molar-refractivity contribution in [2.45, 2.75) is 225 Å². The largest absolute Gasteiger partial charge is 0.394 e. The SMILES string of the molecule is CCCCCCCCCCCCCCCCC(O)CC(=O)NC(CO)C(O)CCCCCCCCCCCCCCC. The molecule has 3 atom stereocenters. The van der Waals surface area contributed by atoms with Gasteiger partial charge in [-0.1, -0.05) is 187 Å². The second-order valence-corrected chi connectivity index (χ2v) is 13.2. The highest BCUT2D eigenvalue weighted by Gasteiger charge is 2.21. The molecule has 5 nitrogen and oxygen atoms in total. The molecule has 0 spiro atoms. The minimum atomic E-state index is -0.741. The Balaban J connectivity index is 3.64. The van der Waals surface area contributed by atoms with E-state index in [1.54, 1.807) is 0 Å². The van der Waals surface area contributed by atoms with Gasteiger partial charge in [0.25, 0.3) is 0 Å². The Hall–Kier alpha value is -0.650. The number of hydrogen-bond donors (Lipinski definition) is 4. The average molecular weight is 598 g/mol. The van der Waals surface area contributed by atoms with E-state index in [2.05, 4.69) is 19.2 Å². The summed E-state index contributed by atoms with van der Waals surface area (Å²) in [6.07, 6.45) is 34.8. The van der Waals surface area contributed by atoms with Crippen LogP contribution in [0.1, 0.15) is 206 Å². The first-order valence-electron chi connectivity index (χ1n) is 18.8. The summed E-state index contributed by atoms with van der Waals surface area (Å²) in [5.74, 6) is -0.281. The van der Waals surface area contributed by atoms with Crippen LogP contribution in [0.25, 0.3) is 0 Å². The Labute approximate surface area is 262 Å². The summed E-state index contributed by atoms with van der Waals surface area (Å²) < 4.78 is 0. The van der Waals surface area contributed by atoms with Crippen LogP contribution in [-0.2, 0) is 4.79 Å². The van der Waals surface area contributed by atoms with E-state index in [1.807, 2.05) is 0 Å². The fraction of sp³-hybridized carbons (Fsp3) is 0.973. The minimum absolute atomic E-state index is 0.0421. The highest BCUT2D eigenvalue weighted by molar-refractivity contribution is 5.76. The van der Waals surface area contributed by atoms with Crippen LogP contribution < -0.4 is 5.32 Å². The molecular formula is C37H75NO4. The smallest absolute Gasteiger partial charge is 0.222 e. The molecule has 0 aromatic heterocycles. The van der Waals surface area contributed by atoms with Crippen molar-refractivity contribution in [1.29, 1.82) is 0 Å². The molecule has 1 amide bonds. The Bertz CT molecular complexity index is 544. The van der Waals surface area contributed by atoms with Crippen LogP contribution in [-0.4, -0.2) is 46.1 Å². The molecule has 0 aliphatic carbocycles. The van der Waals surface area contributed by atoms with Crippen LogP contribution in [0.15, 0.2) is 0 Å². The molecule has 0 radical (unpaired) electrons. The van der Waals surface area contributed by atoms with Gasteiger partial charge in [-0.15, -0.1) is 0 Å². The standard InChI is InChI=1S/C37H75NO4/c1-3-5-7-9-11-13-15-17-19-20-22-24-26-28-30-34(40)32-37(42)38-35(33-39)36(41)31-29-27-25-23-21-18-16-14-12-10-8-6-4-2/h34-36,39-41H,3-33H2,1-2H3,(H,38,42). The van der Waals surface area contributed by atoms with Crippen LogP contribution in [0.3, 0.4) is 0 Å². The van der Waals surface area contributed by atoms with Crippen molar-refractivity contribution in [3.05, 3.63) is 0 Å². The number of amides is 1. The van der Waals surface area contributed by atoms with Crippen LogP contribution in [0, 0.1) is 0 Å². The first kappa shape index (κ1) is 41.4. The molecule has 0 fully saturated rings. The van der Waals surface area contributed by atoms with E-state index in [1.165, 1.54) is 148 Å².